The van der Waals surface area contributed by atoms with Crippen molar-refractivity contribution in [3.8, 4) is 17.1 Å². The normalized spacial score (nSPS) is 11.3. The van der Waals surface area contributed by atoms with E-state index < -0.39 is 4.92 Å². The molecular formula is C32H36N2O5. The van der Waals surface area contributed by atoms with E-state index in [0.717, 1.165) is 31.6 Å². The first-order valence-electron chi connectivity index (χ1n) is 13.8. The number of fused-ring (bicyclic) bond motifs is 1. The number of rotatable bonds is 15. The lowest BCUT2D eigenvalue weighted by molar-refractivity contribution is -0.384. The lowest BCUT2D eigenvalue weighted by Crippen LogP contribution is -2.28. The van der Waals surface area contributed by atoms with Crippen LogP contribution in [-0.4, -0.2) is 41.8 Å². The third-order valence-electron chi connectivity index (χ3n) is 6.81. The SMILES string of the molecule is CCCCN(CCCC)CCCOc1ccc(C(=O)c2c(-c3ccccc3)oc3ccc([N+](=O)[O-])cc23)cc1. The molecule has 0 bridgehead atoms. The van der Waals surface area contributed by atoms with E-state index in [1.807, 2.05) is 30.3 Å². The third-order valence-corrected chi connectivity index (χ3v) is 6.81. The van der Waals surface area contributed by atoms with Gasteiger partial charge in [0.2, 0.25) is 0 Å². The van der Waals surface area contributed by atoms with Crippen LogP contribution in [0.5, 0.6) is 5.75 Å². The lowest BCUT2D eigenvalue weighted by atomic mass is 9.97. The zero-order chi connectivity index (χ0) is 27.6. The van der Waals surface area contributed by atoms with Crippen LogP contribution < -0.4 is 4.74 Å². The molecule has 0 spiro atoms. The Kier molecular flexibility index (Phi) is 9.86. The highest BCUT2D eigenvalue weighted by atomic mass is 16.6. The maximum absolute atomic E-state index is 13.7. The molecule has 0 saturated heterocycles. The first-order chi connectivity index (χ1) is 19.0. The number of ether oxygens (including phenoxy) is 1. The highest BCUT2D eigenvalue weighted by Crippen LogP contribution is 2.37. The number of benzene rings is 3. The zero-order valence-electron chi connectivity index (χ0n) is 22.7. The summed E-state index contributed by atoms with van der Waals surface area (Å²) in [5, 5.41) is 11.8. The van der Waals surface area contributed by atoms with Gasteiger partial charge in [-0.1, -0.05) is 57.0 Å². The fourth-order valence-corrected chi connectivity index (χ4v) is 4.64. The average Bonchev–Trinajstić information content (AvgIpc) is 3.35. The number of hydrogen-bond donors (Lipinski definition) is 0. The van der Waals surface area contributed by atoms with Gasteiger partial charge in [0.05, 0.1) is 17.1 Å². The van der Waals surface area contributed by atoms with Gasteiger partial charge in [-0.3, -0.25) is 14.9 Å². The van der Waals surface area contributed by atoms with E-state index >= 15 is 0 Å². The van der Waals surface area contributed by atoms with Crippen LogP contribution in [0.2, 0.25) is 0 Å². The van der Waals surface area contributed by atoms with Gasteiger partial charge in [0.15, 0.2) is 5.78 Å². The fraction of sp³-hybridized carbons (Fsp3) is 0.344. The molecule has 0 aliphatic heterocycles. The number of nitro benzene ring substituents is 1. The monoisotopic (exact) mass is 528 g/mol. The Hall–Kier alpha value is -3.97. The standard InChI is InChI=1S/C32H36N2O5/c1-3-5-19-33(20-6-4-2)21-10-22-38-27-16-13-24(14-17-27)31(35)30-28-23-26(34(36)37)15-18-29(28)39-32(30)25-11-8-7-9-12-25/h7-9,11-18,23H,3-6,10,19-22H2,1-2H3. The van der Waals surface area contributed by atoms with Gasteiger partial charge in [-0.05, 0) is 62.7 Å². The second kappa shape index (κ2) is 13.7. The van der Waals surface area contributed by atoms with Crippen molar-refractivity contribution in [2.45, 2.75) is 46.0 Å². The van der Waals surface area contributed by atoms with Gasteiger partial charge in [-0.2, -0.15) is 0 Å². The van der Waals surface area contributed by atoms with Crippen LogP contribution >= 0.6 is 0 Å². The zero-order valence-corrected chi connectivity index (χ0v) is 22.7. The molecule has 0 aliphatic rings. The molecule has 0 N–H and O–H groups in total. The van der Waals surface area contributed by atoms with E-state index in [1.165, 1.54) is 37.8 Å². The molecule has 1 aromatic heterocycles. The number of nitrogens with zero attached hydrogens (tertiary/aromatic N) is 2. The van der Waals surface area contributed by atoms with Crippen LogP contribution in [0, 0.1) is 10.1 Å². The van der Waals surface area contributed by atoms with E-state index in [2.05, 4.69) is 18.7 Å². The number of unbranched alkanes of at least 4 members (excludes halogenated alkanes) is 2. The maximum atomic E-state index is 13.7. The summed E-state index contributed by atoms with van der Waals surface area (Å²) in [4.78, 5) is 27.2. The molecule has 0 saturated carbocycles. The second-order valence-corrected chi connectivity index (χ2v) is 9.71. The van der Waals surface area contributed by atoms with Gasteiger partial charge in [-0.15, -0.1) is 0 Å². The van der Waals surface area contributed by atoms with Crippen molar-refractivity contribution in [1.82, 2.24) is 4.90 Å². The van der Waals surface area contributed by atoms with Crippen molar-refractivity contribution in [3.63, 3.8) is 0 Å². The average molecular weight is 529 g/mol. The highest BCUT2D eigenvalue weighted by molar-refractivity contribution is 6.19. The quantitative estimate of drug-likeness (QED) is 0.0674. The Bertz CT molecular complexity index is 1370. The first kappa shape index (κ1) is 28.0. The van der Waals surface area contributed by atoms with Gasteiger partial charge >= 0.3 is 0 Å². The molecule has 0 fully saturated rings. The molecule has 204 valence electrons. The van der Waals surface area contributed by atoms with E-state index in [9.17, 15) is 14.9 Å². The summed E-state index contributed by atoms with van der Waals surface area (Å²) in [5.74, 6) is 0.838. The fourth-order valence-electron chi connectivity index (χ4n) is 4.64. The second-order valence-electron chi connectivity index (χ2n) is 9.71. The van der Waals surface area contributed by atoms with Crippen LogP contribution in [0.3, 0.4) is 0 Å². The van der Waals surface area contributed by atoms with Gasteiger partial charge in [-0.25, -0.2) is 0 Å². The van der Waals surface area contributed by atoms with Crippen molar-refractivity contribution >= 4 is 22.4 Å². The summed E-state index contributed by atoms with van der Waals surface area (Å²) >= 11 is 0. The minimum Gasteiger partial charge on any atom is -0.494 e. The van der Waals surface area contributed by atoms with Crippen molar-refractivity contribution in [2.75, 3.05) is 26.2 Å². The van der Waals surface area contributed by atoms with E-state index in [1.54, 1.807) is 30.3 Å². The third kappa shape index (κ3) is 7.12. The van der Waals surface area contributed by atoms with Crippen molar-refractivity contribution in [3.05, 3.63) is 94.0 Å². The molecule has 0 aliphatic carbocycles. The van der Waals surface area contributed by atoms with Crippen molar-refractivity contribution in [2.24, 2.45) is 0 Å². The summed E-state index contributed by atoms with van der Waals surface area (Å²) in [6.45, 7) is 8.32. The molecule has 0 unspecified atom stereocenters. The maximum Gasteiger partial charge on any atom is 0.270 e. The van der Waals surface area contributed by atoms with Crippen LogP contribution in [0.4, 0.5) is 5.69 Å². The number of ketones is 1. The molecule has 3 aromatic carbocycles. The highest BCUT2D eigenvalue weighted by Gasteiger charge is 2.25. The Morgan fingerprint density at radius 2 is 1.56 bits per heavy atom. The topological polar surface area (TPSA) is 85.8 Å². The van der Waals surface area contributed by atoms with Crippen molar-refractivity contribution < 1.29 is 18.9 Å². The Labute approximate surface area is 229 Å². The van der Waals surface area contributed by atoms with E-state index in [4.69, 9.17) is 9.15 Å². The van der Waals surface area contributed by atoms with Crippen LogP contribution in [0.1, 0.15) is 61.9 Å². The Morgan fingerprint density at radius 3 is 2.21 bits per heavy atom. The van der Waals surface area contributed by atoms with Crippen LogP contribution in [0.25, 0.3) is 22.3 Å². The molecule has 7 heteroatoms. The van der Waals surface area contributed by atoms with E-state index in [-0.39, 0.29) is 11.5 Å². The predicted octanol–water partition coefficient (Wildman–Crippen LogP) is 7.91. The first-order valence-corrected chi connectivity index (χ1v) is 13.8. The number of carbonyl (C=O) groups is 1. The summed E-state index contributed by atoms with van der Waals surface area (Å²) in [6, 6.07) is 20.7. The number of furan rings is 1. The Morgan fingerprint density at radius 1 is 0.897 bits per heavy atom. The molecule has 1 heterocycles. The number of carbonyl (C=O) groups excluding carboxylic acids is 1. The molecule has 7 nitrogen and oxygen atoms in total. The molecule has 4 aromatic rings. The largest absolute Gasteiger partial charge is 0.494 e. The van der Waals surface area contributed by atoms with Crippen LogP contribution in [-0.2, 0) is 0 Å². The minimum atomic E-state index is -0.470. The van der Waals surface area contributed by atoms with Gasteiger partial charge in [0.25, 0.3) is 5.69 Å². The number of hydrogen-bond acceptors (Lipinski definition) is 6. The Balaban J connectivity index is 1.49. The molecule has 0 radical (unpaired) electrons. The van der Waals surface area contributed by atoms with Crippen LogP contribution in [0.15, 0.2) is 77.2 Å². The van der Waals surface area contributed by atoms with Crippen molar-refractivity contribution in [1.29, 1.82) is 0 Å². The number of nitro groups is 1. The minimum absolute atomic E-state index is 0.0938. The predicted molar refractivity (Wildman–Crippen MR) is 155 cm³/mol. The van der Waals surface area contributed by atoms with Gasteiger partial charge in [0.1, 0.15) is 17.1 Å². The van der Waals surface area contributed by atoms with Gasteiger partial charge in [0, 0.05) is 35.2 Å². The molecule has 4 rings (SSSR count). The summed E-state index contributed by atoms with van der Waals surface area (Å²) < 4.78 is 12.0. The summed E-state index contributed by atoms with van der Waals surface area (Å²) in [5.41, 5.74) is 1.83. The number of non-ortho nitro benzene ring substituents is 1. The van der Waals surface area contributed by atoms with Gasteiger partial charge < -0.3 is 14.1 Å². The molecule has 39 heavy (non-hydrogen) atoms. The smallest absolute Gasteiger partial charge is 0.270 e. The summed E-state index contributed by atoms with van der Waals surface area (Å²) in [6.07, 6.45) is 5.76. The summed E-state index contributed by atoms with van der Waals surface area (Å²) in [7, 11) is 0. The molecule has 0 atom stereocenters. The molecular weight excluding hydrogens is 492 g/mol. The molecule has 0 amide bonds. The lowest BCUT2D eigenvalue weighted by Gasteiger charge is -2.21. The van der Waals surface area contributed by atoms with E-state index in [0.29, 0.717) is 40.2 Å².